The summed E-state index contributed by atoms with van der Waals surface area (Å²) < 4.78 is 39.2. The average Bonchev–Trinajstić information content (AvgIpc) is 2.97. The minimum Gasteiger partial charge on any atom is -0.308 e. The number of benzene rings is 1. The molecular formula is C16H14F3N6O2+. The summed E-state index contributed by atoms with van der Waals surface area (Å²) in [6.07, 6.45) is -2.29. The molecule has 27 heavy (non-hydrogen) atoms. The molecule has 140 valence electrons. The van der Waals surface area contributed by atoms with E-state index in [0.717, 1.165) is 35.2 Å². The van der Waals surface area contributed by atoms with Crippen molar-refractivity contribution in [2.45, 2.75) is 6.18 Å². The minimum atomic E-state index is -4.48. The maximum Gasteiger partial charge on any atom is 0.419 e. The van der Waals surface area contributed by atoms with E-state index >= 15 is 0 Å². The summed E-state index contributed by atoms with van der Waals surface area (Å²) in [7, 11) is 1.43. The smallest absolute Gasteiger partial charge is 0.308 e. The summed E-state index contributed by atoms with van der Waals surface area (Å²) in [4.78, 5) is 28.1. The van der Waals surface area contributed by atoms with E-state index in [9.17, 15) is 22.8 Å². The topological polar surface area (TPSA) is 120 Å². The van der Waals surface area contributed by atoms with Gasteiger partial charge < -0.3 is 10.7 Å². The number of H-pyrrole nitrogens is 1. The molecule has 0 spiro atoms. The van der Waals surface area contributed by atoms with Crippen LogP contribution in [0.1, 0.15) is 11.1 Å². The SMILES string of the molecule is CNC(=O)[NH2+]c1ncc2c(=O)n(-c3ccc(C(F)(F)F)cc3)[nH]c2c1C=N. The number of hydrogen-bond acceptors (Lipinski definition) is 4. The van der Waals surface area contributed by atoms with Crippen LogP contribution in [-0.4, -0.2) is 34.1 Å². The number of halogens is 3. The van der Waals surface area contributed by atoms with E-state index in [-0.39, 0.29) is 28.0 Å². The largest absolute Gasteiger partial charge is 0.419 e. The van der Waals surface area contributed by atoms with E-state index in [1.165, 1.54) is 18.6 Å². The molecule has 3 aromatic rings. The number of nitrogens with two attached hydrogens (primary N) is 1. The number of nitrogens with one attached hydrogen (secondary N) is 3. The van der Waals surface area contributed by atoms with Crippen LogP contribution < -0.4 is 16.2 Å². The molecule has 0 aliphatic rings. The van der Waals surface area contributed by atoms with E-state index < -0.39 is 23.3 Å². The van der Waals surface area contributed by atoms with Crippen molar-refractivity contribution in [2.24, 2.45) is 0 Å². The molecule has 0 saturated heterocycles. The van der Waals surface area contributed by atoms with Gasteiger partial charge in [-0.3, -0.25) is 9.89 Å². The third-order valence-corrected chi connectivity index (χ3v) is 3.92. The second-order valence-corrected chi connectivity index (χ2v) is 5.55. The molecule has 0 bridgehead atoms. The number of urea groups is 1. The van der Waals surface area contributed by atoms with Crippen molar-refractivity contribution < 1.29 is 23.3 Å². The van der Waals surface area contributed by atoms with E-state index in [0.29, 0.717) is 0 Å². The van der Waals surface area contributed by atoms with Crippen LogP contribution in [0.25, 0.3) is 16.6 Å². The Morgan fingerprint density at radius 3 is 2.56 bits per heavy atom. The van der Waals surface area contributed by atoms with Gasteiger partial charge in [0, 0.05) is 19.5 Å². The number of pyridine rings is 1. The highest BCUT2D eigenvalue weighted by atomic mass is 19.4. The van der Waals surface area contributed by atoms with Crippen LogP contribution >= 0.6 is 0 Å². The number of aromatic amines is 1. The van der Waals surface area contributed by atoms with Crippen molar-refractivity contribution in [2.75, 3.05) is 7.05 Å². The summed E-state index contributed by atoms with van der Waals surface area (Å²) in [6, 6.07) is 3.62. The first-order chi connectivity index (χ1) is 12.8. The first-order valence-corrected chi connectivity index (χ1v) is 7.64. The predicted octanol–water partition coefficient (Wildman–Crippen LogP) is 1.26. The monoisotopic (exact) mass is 379 g/mol. The zero-order chi connectivity index (χ0) is 19.8. The second-order valence-electron chi connectivity index (χ2n) is 5.55. The van der Waals surface area contributed by atoms with Crippen molar-refractivity contribution in [1.29, 1.82) is 5.41 Å². The van der Waals surface area contributed by atoms with Gasteiger partial charge in [0.15, 0.2) is 0 Å². The molecule has 0 aliphatic carbocycles. The van der Waals surface area contributed by atoms with E-state index in [4.69, 9.17) is 5.41 Å². The van der Waals surface area contributed by atoms with Crippen LogP contribution in [0.5, 0.6) is 0 Å². The molecule has 5 N–H and O–H groups in total. The Kier molecular flexibility index (Phi) is 4.54. The molecule has 3 rings (SSSR count). The number of amides is 2. The third kappa shape index (κ3) is 3.31. The number of carbonyl (C=O) groups is 1. The summed E-state index contributed by atoms with van der Waals surface area (Å²) in [6.45, 7) is 0. The van der Waals surface area contributed by atoms with Gasteiger partial charge in [-0.05, 0) is 24.3 Å². The van der Waals surface area contributed by atoms with Gasteiger partial charge in [0.05, 0.1) is 22.2 Å². The van der Waals surface area contributed by atoms with Crippen LogP contribution in [0.15, 0.2) is 35.3 Å². The number of alkyl halides is 3. The van der Waals surface area contributed by atoms with Crippen LogP contribution in [0.4, 0.5) is 23.8 Å². The number of nitrogens with zero attached hydrogens (tertiary/aromatic N) is 2. The Bertz CT molecular complexity index is 1080. The Labute approximate surface area is 149 Å². The summed E-state index contributed by atoms with van der Waals surface area (Å²) >= 11 is 0. The Morgan fingerprint density at radius 1 is 1.33 bits per heavy atom. The summed E-state index contributed by atoms with van der Waals surface area (Å²) in [5.74, 6) is 0.178. The molecule has 2 amide bonds. The molecule has 0 aliphatic heterocycles. The third-order valence-electron chi connectivity index (χ3n) is 3.92. The number of aromatic nitrogens is 3. The van der Waals surface area contributed by atoms with Gasteiger partial charge in [0.1, 0.15) is 5.56 Å². The minimum absolute atomic E-state index is 0.141. The highest BCUT2D eigenvalue weighted by Gasteiger charge is 2.30. The molecular weight excluding hydrogens is 365 g/mol. The van der Waals surface area contributed by atoms with Crippen molar-refractivity contribution in [3.8, 4) is 5.69 Å². The second kappa shape index (κ2) is 6.68. The Hall–Kier alpha value is -3.47. The van der Waals surface area contributed by atoms with Crippen LogP contribution in [0.3, 0.4) is 0 Å². The molecule has 8 nitrogen and oxygen atoms in total. The highest BCUT2D eigenvalue weighted by Crippen LogP contribution is 2.29. The van der Waals surface area contributed by atoms with E-state index in [1.807, 2.05) is 0 Å². The number of fused-ring (bicyclic) bond motifs is 1. The normalized spacial score (nSPS) is 11.6. The number of hydrogen-bond donors (Lipinski definition) is 4. The maximum atomic E-state index is 12.7. The Balaban J connectivity index is 2.13. The predicted molar refractivity (Wildman–Crippen MR) is 90.6 cm³/mol. The highest BCUT2D eigenvalue weighted by molar-refractivity contribution is 5.99. The number of carbonyl (C=O) groups excluding carboxylic acids is 1. The molecule has 0 saturated carbocycles. The van der Waals surface area contributed by atoms with Gasteiger partial charge in [-0.15, -0.1) is 0 Å². The van der Waals surface area contributed by atoms with Gasteiger partial charge in [-0.25, -0.2) is 19.8 Å². The molecule has 2 heterocycles. The fourth-order valence-electron chi connectivity index (χ4n) is 2.55. The van der Waals surface area contributed by atoms with Crippen LogP contribution in [0.2, 0.25) is 0 Å². The van der Waals surface area contributed by atoms with Crippen molar-refractivity contribution in [1.82, 2.24) is 20.1 Å². The van der Waals surface area contributed by atoms with Gasteiger partial charge in [0.2, 0.25) is 5.82 Å². The summed E-state index contributed by atoms with van der Waals surface area (Å²) in [5.41, 5.74) is -0.720. The fourth-order valence-corrected chi connectivity index (χ4v) is 2.55. The molecule has 11 heteroatoms. The van der Waals surface area contributed by atoms with Gasteiger partial charge in [-0.1, -0.05) is 0 Å². The standard InChI is InChI=1S/C16H13F3N6O2/c1-21-15(27)23-13-10(6-20)12-11(7-22-13)14(26)25(24-12)9-4-2-8(3-5-9)16(17,18)19/h2-7,20,24H,1H3,(H2,21,22,23,27)/p+1. The van der Waals surface area contributed by atoms with Crippen molar-refractivity contribution in [3.05, 3.63) is 51.9 Å². The lowest BCUT2D eigenvalue weighted by Crippen LogP contribution is -2.85. The zero-order valence-electron chi connectivity index (χ0n) is 13.9. The van der Waals surface area contributed by atoms with Gasteiger partial charge in [0.25, 0.3) is 5.56 Å². The average molecular weight is 379 g/mol. The molecule has 1 aromatic carbocycles. The first-order valence-electron chi connectivity index (χ1n) is 7.64. The summed E-state index contributed by atoms with van der Waals surface area (Å²) in [5, 5.41) is 14.1. The zero-order valence-corrected chi connectivity index (χ0v) is 13.9. The quantitative estimate of drug-likeness (QED) is 0.513. The van der Waals surface area contributed by atoms with Gasteiger partial charge in [-0.2, -0.15) is 13.2 Å². The van der Waals surface area contributed by atoms with Crippen LogP contribution in [-0.2, 0) is 6.18 Å². The molecule has 0 radical (unpaired) electrons. The molecule has 0 unspecified atom stereocenters. The number of quaternary nitrogens is 1. The number of rotatable bonds is 3. The van der Waals surface area contributed by atoms with Gasteiger partial charge >= 0.3 is 12.2 Å². The number of primary amides is 1. The lowest BCUT2D eigenvalue weighted by Gasteiger charge is -2.07. The van der Waals surface area contributed by atoms with E-state index in [2.05, 4.69) is 15.4 Å². The lowest BCUT2D eigenvalue weighted by atomic mass is 10.2. The van der Waals surface area contributed by atoms with Crippen LogP contribution in [0, 0.1) is 5.41 Å². The van der Waals surface area contributed by atoms with Crippen molar-refractivity contribution in [3.63, 3.8) is 0 Å². The molecule has 0 fully saturated rings. The first kappa shape index (κ1) is 18.3. The lowest BCUT2D eigenvalue weighted by molar-refractivity contribution is -0.468. The fraction of sp³-hybridized carbons (Fsp3) is 0.125. The maximum absolute atomic E-state index is 12.7. The van der Waals surface area contributed by atoms with Crippen molar-refractivity contribution >= 4 is 29.0 Å². The Morgan fingerprint density at radius 2 is 2.00 bits per heavy atom. The van der Waals surface area contributed by atoms with E-state index in [1.54, 1.807) is 0 Å². The molecule has 2 aromatic heterocycles. The molecule has 0 atom stereocenters.